The first-order valence-electron chi connectivity index (χ1n) is 5.56. The Morgan fingerprint density at radius 1 is 1.31 bits per heavy atom. The van der Waals surface area contributed by atoms with Crippen LogP contribution < -0.4 is 5.73 Å². The Morgan fingerprint density at radius 3 is 2.75 bits per heavy atom. The molecule has 0 amide bonds. The molecule has 2 aromatic rings. The molecule has 4 nitrogen and oxygen atoms in total. The van der Waals surface area contributed by atoms with Crippen LogP contribution in [0.4, 0.5) is 0 Å². The van der Waals surface area contributed by atoms with Gasteiger partial charge in [-0.3, -0.25) is 0 Å². The van der Waals surface area contributed by atoms with Crippen LogP contribution in [0.3, 0.4) is 0 Å². The predicted octanol–water partition coefficient (Wildman–Crippen LogP) is 2.58. The quantitative estimate of drug-likeness (QED) is 0.861. The second-order valence-corrected chi connectivity index (χ2v) is 4.56. The average molecular weight is 219 g/mol. The Balaban J connectivity index is 2.32. The molecule has 1 unspecified atom stereocenters. The molecule has 0 bridgehead atoms. The van der Waals surface area contributed by atoms with Crippen LogP contribution in [0.25, 0.3) is 11.2 Å². The van der Waals surface area contributed by atoms with E-state index in [1.165, 1.54) is 0 Å². The van der Waals surface area contributed by atoms with Gasteiger partial charge in [-0.1, -0.05) is 13.8 Å². The molecule has 0 saturated carbocycles. The van der Waals surface area contributed by atoms with Gasteiger partial charge in [0.2, 0.25) is 5.89 Å². The minimum absolute atomic E-state index is 0.144. The van der Waals surface area contributed by atoms with Crippen molar-refractivity contribution in [1.29, 1.82) is 0 Å². The van der Waals surface area contributed by atoms with Crippen LogP contribution in [0.5, 0.6) is 0 Å². The van der Waals surface area contributed by atoms with Gasteiger partial charge in [0.05, 0.1) is 6.04 Å². The lowest BCUT2D eigenvalue weighted by molar-refractivity contribution is 0.417. The van der Waals surface area contributed by atoms with Crippen molar-refractivity contribution in [2.45, 2.75) is 33.2 Å². The van der Waals surface area contributed by atoms with Crippen molar-refractivity contribution in [3.63, 3.8) is 0 Å². The van der Waals surface area contributed by atoms with Gasteiger partial charge in [0.15, 0.2) is 11.2 Å². The molecule has 4 heteroatoms. The summed E-state index contributed by atoms with van der Waals surface area (Å²) in [6, 6.07) is 3.65. The van der Waals surface area contributed by atoms with Crippen molar-refractivity contribution < 1.29 is 4.42 Å². The Hall–Kier alpha value is -1.42. The number of rotatable bonds is 3. The summed E-state index contributed by atoms with van der Waals surface area (Å²) < 4.78 is 5.59. The molecule has 86 valence electrons. The molecule has 0 aliphatic rings. The molecule has 0 aromatic carbocycles. The van der Waals surface area contributed by atoms with E-state index in [1.54, 1.807) is 0 Å². The van der Waals surface area contributed by atoms with Gasteiger partial charge < -0.3 is 10.2 Å². The SMILES string of the molecule is Cc1ccc2oc(C(N)CC(C)C)nc2n1. The third-order valence-corrected chi connectivity index (χ3v) is 2.45. The molecule has 0 spiro atoms. The van der Waals surface area contributed by atoms with E-state index in [4.69, 9.17) is 10.2 Å². The predicted molar refractivity (Wildman–Crippen MR) is 62.9 cm³/mol. The van der Waals surface area contributed by atoms with E-state index in [9.17, 15) is 0 Å². The maximum absolute atomic E-state index is 6.01. The van der Waals surface area contributed by atoms with Crippen LogP contribution in [-0.4, -0.2) is 9.97 Å². The highest BCUT2D eigenvalue weighted by Gasteiger charge is 2.15. The minimum Gasteiger partial charge on any atom is -0.437 e. The number of aryl methyl sites for hydroxylation is 1. The Bertz CT molecular complexity index is 490. The van der Waals surface area contributed by atoms with Crippen molar-refractivity contribution in [3.8, 4) is 0 Å². The van der Waals surface area contributed by atoms with Gasteiger partial charge in [-0.05, 0) is 31.4 Å². The highest BCUT2D eigenvalue weighted by molar-refractivity contribution is 5.67. The Labute approximate surface area is 94.9 Å². The highest BCUT2D eigenvalue weighted by Crippen LogP contribution is 2.22. The van der Waals surface area contributed by atoms with E-state index in [0.29, 0.717) is 23.0 Å². The fraction of sp³-hybridized carbons (Fsp3) is 0.500. The van der Waals surface area contributed by atoms with E-state index in [-0.39, 0.29) is 6.04 Å². The third kappa shape index (κ3) is 2.22. The maximum Gasteiger partial charge on any atom is 0.213 e. The smallest absolute Gasteiger partial charge is 0.213 e. The van der Waals surface area contributed by atoms with Crippen LogP contribution >= 0.6 is 0 Å². The molecule has 2 heterocycles. The van der Waals surface area contributed by atoms with E-state index in [1.807, 2.05) is 19.1 Å². The summed E-state index contributed by atoms with van der Waals surface area (Å²) in [5.74, 6) is 1.11. The third-order valence-electron chi connectivity index (χ3n) is 2.45. The van der Waals surface area contributed by atoms with E-state index >= 15 is 0 Å². The van der Waals surface area contributed by atoms with Crippen LogP contribution in [0, 0.1) is 12.8 Å². The summed E-state index contributed by atoms with van der Waals surface area (Å²) in [4.78, 5) is 8.62. The van der Waals surface area contributed by atoms with Gasteiger partial charge in [0.25, 0.3) is 0 Å². The first kappa shape index (κ1) is 11.1. The van der Waals surface area contributed by atoms with Gasteiger partial charge in [-0.25, -0.2) is 4.98 Å². The lowest BCUT2D eigenvalue weighted by Crippen LogP contribution is -2.13. The number of aromatic nitrogens is 2. The first-order valence-corrected chi connectivity index (χ1v) is 5.56. The van der Waals surface area contributed by atoms with Crippen molar-refractivity contribution in [3.05, 3.63) is 23.7 Å². The summed E-state index contributed by atoms with van der Waals surface area (Å²) >= 11 is 0. The summed E-state index contributed by atoms with van der Waals surface area (Å²) in [5, 5.41) is 0. The molecule has 0 fully saturated rings. The highest BCUT2D eigenvalue weighted by atomic mass is 16.3. The van der Waals surface area contributed by atoms with Crippen molar-refractivity contribution >= 4 is 11.2 Å². The fourth-order valence-electron chi connectivity index (χ4n) is 1.70. The van der Waals surface area contributed by atoms with Gasteiger partial charge >= 0.3 is 0 Å². The molecule has 16 heavy (non-hydrogen) atoms. The zero-order valence-electron chi connectivity index (χ0n) is 9.90. The van der Waals surface area contributed by atoms with Crippen LogP contribution in [-0.2, 0) is 0 Å². The Morgan fingerprint density at radius 2 is 2.06 bits per heavy atom. The number of hydrogen-bond acceptors (Lipinski definition) is 4. The summed E-state index contributed by atoms with van der Waals surface area (Å²) in [6.45, 7) is 6.19. The number of pyridine rings is 1. The van der Waals surface area contributed by atoms with Gasteiger partial charge in [0.1, 0.15) is 0 Å². The summed E-state index contributed by atoms with van der Waals surface area (Å²) in [6.07, 6.45) is 0.867. The van der Waals surface area contributed by atoms with Crippen molar-refractivity contribution in [1.82, 2.24) is 9.97 Å². The number of fused-ring (bicyclic) bond motifs is 1. The number of oxazole rings is 1. The standard InChI is InChI=1S/C12H17N3O/c1-7(2)6-9(13)12-15-11-10(16-12)5-4-8(3)14-11/h4-5,7,9H,6,13H2,1-3H3. The van der Waals surface area contributed by atoms with Gasteiger partial charge in [-0.15, -0.1) is 0 Å². The summed E-state index contributed by atoms with van der Waals surface area (Å²) in [5.41, 5.74) is 8.30. The number of nitrogens with two attached hydrogens (primary N) is 1. The lowest BCUT2D eigenvalue weighted by Gasteiger charge is -2.09. The molecule has 1 atom stereocenters. The molecule has 2 N–H and O–H groups in total. The zero-order chi connectivity index (χ0) is 11.7. The zero-order valence-corrected chi connectivity index (χ0v) is 9.90. The average Bonchev–Trinajstić information content (AvgIpc) is 2.59. The molecule has 0 radical (unpaired) electrons. The largest absolute Gasteiger partial charge is 0.437 e. The molecule has 0 aliphatic heterocycles. The maximum atomic E-state index is 6.01. The molecule has 0 saturated heterocycles. The Kier molecular flexibility index (Phi) is 2.92. The van der Waals surface area contributed by atoms with E-state index in [0.717, 1.165) is 12.1 Å². The van der Waals surface area contributed by atoms with Crippen molar-refractivity contribution in [2.24, 2.45) is 11.7 Å². The number of hydrogen-bond donors (Lipinski definition) is 1. The topological polar surface area (TPSA) is 64.9 Å². The van der Waals surface area contributed by atoms with E-state index < -0.39 is 0 Å². The molecule has 2 rings (SSSR count). The minimum atomic E-state index is -0.144. The van der Waals surface area contributed by atoms with Gasteiger partial charge in [-0.2, -0.15) is 4.98 Å². The molecule has 0 aliphatic carbocycles. The monoisotopic (exact) mass is 219 g/mol. The van der Waals surface area contributed by atoms with Crippen LogP contribution in [0.1, 0.15) is 37.9 Å². The molecular formula is C12H17N3O. The van der Waals surface area contributed by atoms with Gasteiger partial charge in [0, 0.05) is 5.69 Å². The lowest BCUT2D eigenvalue weighted by atomic mass is 10.0. The van der Waals surface area contributed by atoms with Crippen LogP contribution in [0.15, 0.2) is 16.5 Å². The normalized spacial score (nSPS) is 13.6. The second-order valence-electron chi connectivity index (χ2n) is 4.56. The molecule has 2 aromatic heterocycles. The second kappa shape index (κ2) is 4.22. The van der Waals surface area contributed by atoms with Crippen molar-refractivity contribution in [2.75, 3.05) is 0 Å². The molecular weight excluding hydrogens is 202 g/mol. The first-order chi connectivity index (χ1) is 7.56. The summed E-state index contributed by atoms with van der Waals surface area (Å²) in [7, 11) is 0. The van der Waals surface area contributed by atoms with Crippen LogP contribution in [0.2, 0.25) is 0 Å². The fourth-order valence-corrected chi connectivity index (χ4v) is 1.70. The van der Waals surface area contributed by atoms with E-state index in [2.05, 4.69) is 23.8 Å². The number of nitrogens with zero attached hydrogens (tertiary/aromatic N) is 2.